The first-order valence-corrected chi connectivity index (χ1v) is 13.7. The number of fused-ring (bicyclic) bond motifs is 1. The van der Waals surface area contributed by atoms with E-state index >= 15 is 0 Å². The molecule has 0 spiro atoms. The molecule has 1 atom stereocenters. The zero-order chi connectivity index (χ0) is 28.1. The summed E-state index contributed by atoms with van der Waals surface area (Å²) in [5.41, 5.74) is 2.97. The zero-order valence-electron chi connectivity index (χ0n) is 24.1. The van der Waals surface area contributed by atoms with Crippen LogP contribution in [0.25, 0.3) is 12.2 Å². The van der Waals surface area contributed by atoms with Gasteiger partial charge in [-0.2, -0.15) is 13.9 Å². The average molecular weight is 527 g/mol. The standard InChI is InChI=1S/C20H21F2N3O.C11H23N/c1-5-15-13(4)24-25-19(16(15)9-12(2)3)23-10-14-7-6-8-17-18(14)26-11-20(17,21)22;1-5-10(3)7-11(6-2)8-12(4)9-11/h5-9H,2,10-11H2,1,3-4H3,(H,23,25);10H,5-9H2,1-4H3/b15-5-,16-9+;. The maximum absolute atomic E-state index is 13.8. The number of rotatable bonds is 8. The summed E-state index contributed by atoms with van der Waals surface area (Å²) in [5.74, 6) is -1.20. The van der Waals surface area contributed by atoms with Crippen molar-refractivity contribution in [3.8, 4) is 5.75 Å². The lowest BCUT2D eigenvalue weighted by atomic mass is 9.71. The van der Waals surface area contributed by atoms with Gasteiger partial charge in [-0.1, -0.05) is 57.6 Å². The average Bonchev–Trinajstić information content (AvgIpc) is 3.17. The highest BCUT2D eigenvalue weighted by atomic mass is 19.3. The summed E-state index contributed by atoms with van der Waals surface area (Å²) in [6, 6.07) is 4.79. The van der Waals surface area contributed by atoms with Crippen molar-refractivity contribution in [3.05, 3.63) is 57.6 Å². The Hall–Kier alpha value is -2.80. The second kappa shape index (κ2) is 12.4. The van der Waals surface area contributed by atoms with Crippen LogP contribution in [0.15, 0.2) is 30.4 Å². The summed E-state index contributed by atoms with van der Waals surface area (Å²) >= 11 is 0. The lowest BCUT2D eigenvalue weighted by Crippen LogP contribution is -2.54. The number of nitrogens with one attached hydrogen (secondary N) is 1. The van der Waals surface area contributed by atoms with Crippen LogP contribution in [0, 0.1) is 18.3 Å². The molecule has 1 N–H and O–H groups in total. The molecule has 1 aromatic heterocycles. The molecule has 4 rings (SSSR count). The number of hydrogen-bond acceptors (Lipinski definition) is 5. The molecule has 1 aromatic carbocycles. The van der Waals surface area contributed by atoms with Gasteiger partial charge in [0.15, 0.2) is 12.4 Å². The van der Waals surface area contributed by atoms with E-state index in [2.05, 4.69) is 54.8 Å². The highest BCUT2D eigenvalue weighted by Crippen LogP contribution is 2.43. The molecule has 3 heterocycles. The molecular weight excluding hydrogens is 482 g/mol. The molecule has 2 aliphatic rings. The second-order valence-corrected chi connectivity index (χ2v) is 11.1. The lowest BCUT2D eigenvalue weighted by molar-refractivity contribution is -0.0214. The molecule has 7 heteroatoms. The highest BCUT2D eigenvalue weighted by molar-refractivity contribution is 5.54. The number of ether oxygens (including phenoxy) is 1. The number of aromatic nitrogens is 2. The van der Waals surface area contributed by atoms with Gasteiger partial charge in [0.25, 0.3) is 0 Å². The monoisotopic (exact) mass is 526 g/mol. The second-order valence-electron chi connectivity index (χ2n) is 11.1. The molecule has 2 aromatic rings. The Labute approximate surface area is 226 Å². The first kappa shape index (κ1) is 29.8. The van der Waals surface area contributed by atoms with E-state index in [-0.39, 0.29) is 11.3 Å². The quantitative estimate of drug-likeness (QED) is 0.471. The van der Waals surface area contributed by atoms with Crippen LogP contribution in [0.4, 0.5) is 14.6 Å². The highest BCUT2D eigenvalue weighted by Gasteiger charge is 2.42. The van der Waals surface area contributed by atoms with Crippen molar-refractivity contribution < 1.29 is 13.5 Å². The fraction of sp³-hybridized carbons (Fsp3) is 0.548. The lowest BCUT2D eigenvalue weighted by Gasteiger charge is -2.49. The van der Waals surface area contributed by atoms with Crippen molar-refractivity contribution in [1.82, 2.24) is 15.1 Å². The number of nitrogens with zero attached hydrogens (tertiary/aromatic N) is 3. The predicted octanol–water partition coefficient (Wildman–Crippen LogP) is 5.80. The summed E-state index contributed by atoms with van der Waals surface area (Å²) in [6.45, 7) is 19.0. The minimum absolute atomic E-state index is 0.0666. The maximum atomic E-state index is 13.8. The van der Waals surface area contributed by atoms with Gasteiger partial charge in [0, 0.05) is 35.6 Å². The molecule has 208 valence electrons. The van der Waals surface area contributed by atoms with E-state index in [4.69, 9.17) is 4.74 Å². The summed E-state index contributed by atoms with van der Waals surface area (Å²) in [4.78, 5) is 2.44. The smallest absolute Gasteiger partial charge is 0.310 e. The Morgan fingerprint density at radius 3 is 2.53 bits per heavy atom. The minimum atomic E-state index is -2.95. The van der Waals surface area contributed by atoms with Crippen LogP contribution >= 0.6 is 0 Å². The molecule has 1 saturated heterocycles. The largest absolute Gasteiger partial charge is 0.486 e. The third-order valence-corrected chi connectivity index (χ3v) is 7.69. The molecule has 0 bridgehead atoms. The predicted molar refractivity (Wildman–Crippen MR) is 153 cm³/mol. The molecular formula is C31H44F2N4O. The van der Waals surface area contributed by atoms with Crippen molar-refractivity contribution in [2.75, 3.05) is 32.1 Å². The van der Waals surface area contributed by atoms with Crippen LogP contribution in [0.5, 0.6) is 5.75 Å². The van der Waals surface area contributed by atoms with E-state index in [1.165, 1.54) is 38.4 Å². The molecule has 2 aliphatic heterocycles. The number of hydrogen-bond donors (Lipinski definition) is 1. The Bertz CT molecular complexity index is 1250. The van der Waals surface area contributed by atoms with E-state index in [9.17, 15) is 8.78 Å². The molecule has 0 aliphatic carbocycles. The van der Waals surface area contributed by atoms with Crippen molar-refractivity contribution in [1.29, 1.82) is 0 Å². The molecule has 1 unspecified atom stereocenters. The van der Waals surface area contributed by atoms with Gasteiger partial charge >= 0.3 is 5.92 Å². The number of para-hydroxylation sites is 1. The number of allylic oxidation sites excluding steroid dienone is 1. The number of benzene rings is 1. The number of alkyl halides is 2. The SMILES string of the molecule is C=C(C)/C=c1/c(NCc2cccc3c2OCC3(F)F)nnc(C)/c1=C/C.CCC(C)CC1(CC)CN(C)C1. The third kappa shape index (κ3) is 6.79. The van der Waals surface area contributed by atoms with E-state index in [0.717, 1.165) is 27.6 Å². The maximum Gasteiger partial charge on any atom is 0.310 e. The normalized spacial score (nSPS) is 19.1. The number of anilines is 1. The van der Waals surface area contributed by atoms with E-state index in [0.29, 0.717) is 23.3 Å². The molecule has 1 fully saturated rings. The number of likely N-dealkylation sites (tertiary alicyclic amines) is 1. The Morgan fingerprint density at radius 2 is 1.95 bits per heavy atom. The van der Waals surface area contributed by atoms with E-state index in [1.807, 2.05) is 32.9 Å². The molecule has 5 nitrogen and oxygen atoms in total. The van der Waals surface area contributed by atoms with Gasteiger partial charge in [-0.15, -0.1) is 5.10 Å². The van der Waals surface area contributed by atoms with Crippen LogP contribution < -0.4 is 20.5 Å². The first-order chi connectivity index (χ1) is 17.9. The van der Waals surface area contributed by atoms with Crippen LogP contribution in [0.2, 0.25) is 0 Å². The minimum Gasteiger partial charge on any atom is -0.486 e. The summed E-state index contributed by atoms with van der Waals surface area (Å²) in [6.07, 6.45) is 8.03. The first-order valence-electron chi connectivity index (χ1n) is 13.7. The van der Waals surface area contributed by atoms with Gasteiger partial charge in [-0.25, -0.2) is 0 Å². The van der Waals surface area contributed by atoms with Gasteiger partial charge in [-0.05, 0) is 64.1 Å². The van der Waals surface area contributed by atoms with Gasteiger partial charge < -0.3 is 15.0 Å². The summed E-state index contributed by atoms with van der Waals surface area (Å²) in [7, 11) is 2.23. The summed E-state index contributed by atoms with van der Waals surface area (Å²) < 4.78 is 32.9. The third-order valence-electron chi connectivity index (χ3n) is 7.69. The van der Waals surface area contributed by atoms with Crippen LogP contribution in [-0.2, 0) is 12.5 Å². The van der Waals surface area contributed by atoms with Gasteiger partial charge in [0.05, 0.1) is 11.3 Å². The number of halogens is 2. The Morgan fingerprint density at radius 1 is 1.24 bits per heavy atom. The van der Waals surface area contributed by atoms with Crippen molar-refractivity contribution in [2.45, 2.75) is 73.3 Å². The van der Waals surface area contributed by atoms with Gasteiger partial charge in [-0.3, -0.25) is 0 Å². The van der Waals surface area contributed by atoms with Crippen LogP contribution in [0.1, 0.15) is 70.7 Å². The Kier molecular flexibility index (Phi) is 9.69. The van der Waals surface area contributed by atoms with Crippen molar-refractivity contribution in [3.63, 3.8) is 0 Å². The molecule has 38 heavy (non-hydrogen) atoms. The molecule has 0 saturated carbocycles. The van der Waals surface area contributed by atoms with E-state index < -0.39 is 12.5 Å². The van der Waals surface area contributed by atoms with E-state index in [1.54, 1.807) is 12.1 Å². The van der Waals surface area contributed by atoms with Gasteiger partial charge in [0.1, 0.15) is 5.75 Å². The van der Waals surface area contributed by atoms with Crippen molar-refractivity contribution in [2.24, 2.45) is 11.3 Å². The van der Waals surface area contributed by atoms with Crippen LogP contribution in [0.3, 0.4) is 0 Å². The van der Waals surface area contributed by atoms with Crippen LogP contribution in [-0.4, -0.2) is 41.8 Å². The molecule has 0 amide bonds. The topological polar surface area (TPSA) is 50.3 Å². The fourth-order valence-corrected chi connectivity index (χ4v) is 5.52. The fourth-order valence-electron chi connectivity index (χ4n) is 5.52. The van der Waals surface area contributed by atoms with Gasteiger partial charge in [0.2, 0.25) is 0 Å². The summed E-state index contributed by atoms with van der Waals surface area (Å²) in [5, 5.41) is 13.5. The van der Waals surface area contributed by atoms with Crippen molar-refractivity contribution >= 4 is 18.0 Å². The number of aryl methyl sites for hydroxylation is 1. The zero-order valence-corrected chi connectivity index (χ0v) is 24.1. The molecule has 0 radical (unpaired) electrons. The Balaban J connectivity index is 0.000000279.